The summed E-state index contributed by atoms with van der Waals surface area (Å²) in [6.45, 7) is 14.4. The second-order valence-electron chi connectivity index (χ2n) is 31.3. The van der Waals surface area contributed by atoms with Crippen molar-refractivity contribution < 1.29 is 70.1 Å². The largest absolute Gasteiger partial charge is 0.491 e. The fraction of sp³-hybridized carbons (Fsp3) is 0.534. The second-order valence-corrected chi connectivity index (χ2v) is 32.1. The number of aromatic nitrogens is 8. The van der Waals surface area contributed by atoms with Gasteiger partial charge in [0.1, 0.15) is 94.8 Å². The summed E-state index contributed by atoms with van der Waals surface area (Å²) in [4.78, 5) is 57.0. The normalized spacial score (nSPS) is 16.3. The lowest BCUT2D eigenvalue weighted by Gasteiger charge is -2.32. The van der Waals surface area contributed by atoms with Crippen LogP contribution in [0.5, 0.6) is 46.0 Å². The van der Waals surface area contributed by atoms with E-state index in [1.807, 2.05) is 78.3 Å². The molecule has 35 nitrogen and oxygen atoms in total. The first-order valence-corrected chi connectivity index (χ1v) is 43.1. The molecule has 0 bridgehead atoms. The third kappa shape index (κ3) is 44.0. The summed E-state index contributed by atoms with van der Waals surface area (Å²) in [5.74, 6) is 4.61. The zero-order chi connectivity index (χ0) is 93.8. The number of likely N-dealkylation sites (tertiary alicyclic amines) is 3. The van der Waals surface area contributed by atoms with Crippen LogP contribution in [0.2, 0.25) is 10.2 Å². The molecule has 710 valence electrons. The van der Waals surface area contributed by atoms with Gasteiger partial charge in [-0.25, -0.2) is 9.97 Å². The third-order valence-electron chi connectivity index (χ3n) is 19.7. The molecule has 3 saturated heterocycles. The number of piperidine rings is 2. The molecule has 0 amide bonds. The number of alkyl halides is 3. The van der Waals surface area contributed by atoms with E-state index in [1.165, 1.54) is 32.7 Å². The molecule has 40 heteroatoms. The fourth-order valence-electron chi connectivity index (χ4n) is 12.3. The molecule has 128 heavy (non-hydrogen) atoms. The predicted molar refractivity (Wildman–Crippen MR) is 498 cm³/mol. The highest BCUT2D eigenvalue weighted by atomic mass is 35.5. The Bertz CT molecular complexity index is 4360. The minimum atomic E-state index is -4.49. The lowest BCUT2D eigenvalue weighted by atomic mass is 9.87. The van der Waals surface area contributed by atoms with E-state index < -0.39 is 11.9 Å². The fourth-order valence-corrected chi connectivity index (χ4v) is 12.7. The molecule has 0 radical (unpaired) electrons. The molecule has 1 saturated carbocycles. The predicted octanol–water partition coefficient (Wildman–Crippen LogP) is 10.4. The van der Waals surface area contributed by atoms with Crippen LogP contribution in [0.3, 0.4) is 0 Å². The molecule has 4 fully saturated rings. The molecule has 4 aliphatic rings. The smallest absolute Gasteiger partial charge is 0.433 e. The monoisotopic (exact) mass is 1830 g/mol. The Morgan fingerprint density at radius 3 is 1.39 bits per heavy atom. The number of hydrogen-bond acceptors (Lipinski definition) is 35. The van der Waals surface area contributed by atoms with Crippen LogP contribution in [0.15, 0.2) is 129 Å². The molecule has 0 unspecified atom stereocenters. The van der Waals surface area contributed by atoms with Crippen LogP contribution in [0.4, 0.5) is 58.7 Å². The van der Waals surface area contributed by atoms with E-state index in [-0.39, 0.29) is 48.2 Å². The summed E-state index contributed by atoms with van der Waals surface area (Å²) in [6, 6.07) is 11.9. The van der Waals surface area contributed by atoms with Crippen molar-refractivity contribution in [1.82, 2.24) is 74.2 Å². The lowest BCUT2D eigenvalue weighted by molar-refractivity contribution is -0.147. The van der Waals surface area contributed by atoms with Crippen LogP contribution in [-0.2, 0) is 25.2 Å². The van der Waals surface area contributed by atoms with Crippen molar-refractivity contribution in [1.29, 1.82) is 0 Å². The number of nitrogen functional groups attached to an aromatic ring is 8. The van der Waals surface area contributed by atoms with Gasteiger partial charge in [0.05, 0.1) is 141 Å². The molecule has 11 heterocycles. The number of anilines is 8. The maximum absolute atomic E-state index is 12.4. The highest BCUT2D eigenvalue weighted by Gasteiger charge is 2.34. The number of nitrogens with two attached hydrogens (primary N) is 8. The Hall–Kier alpha value is -10.5. The highest BCUT2D eigenvalue weighted by Crippen LogP contribution is 2.35. The van der Waals surface area contributed by atoms with Crippen LogP contribution in [0.1, 0.15) is 76.3 Å². The number of nitrogens with zero attached hydrogens (tertiary/aromatic N) is 15. The van der Waals surface area contributed by atoms with Gasteiger partial charge in [0.2, 0.25) is 0 Å². The number of hydrogen-bond donors (Lipinski definition) is 8. The van der Waals surface area contributed by atoms with Crippen LogP contribution < -0.4 is 83.8 Å². The van der Waals surface area contributed by atoms with Gasteiger partial charge in [-0.15, -0.1) is 0 Å². The molecule has 0 aromatic carbocycles. The molecular formula is C88H136Cl2F3N23O12. The third-order valence-corrected chi connectivity index (χ3v) is 20.1. The molecule has 8 aromatic heterocycles. The Morgan fingerprint density at radius 2 is 0.906 bits per heavy atom. The summed E-state index contributed by atoms with van der Waals surface area (Å²) in [5.41, 5.74) is 48.6. The zero-order valence-corrected chi connectivity index (χ0v) is 77.6. The van der Waals surface area contributed by atoms with Crippen molar-refractivity contribution in [3.63, 3.8) is 0 Å². The van der Waals surface area contributed by atoms with Crippen molar-refractivity contribution in [3.8, 4) is 46.0 Å². The number of rotatable bonds is 33. The standard InChI is InChI=1S/C13H21N3O2.C13H18N2O3.C11H16ClN3O.C11H19N3O2.C11H17N3O.C10H14F3N3O.C10H17N3O.C9H14ClN3O/c1-17-8-7-16-6-2-3-11(10-16)18-13-4-5-15-9-12(13)14;1-17-13(16)9-2-4-10(5-3-9)18-12-6-7-15-8-11(12)14;1-15-4-2-8(3-5-15)16-11-9(12)6-14-7-10(11)13;1-14(2)5-6-15-7-8-16-11-3-4-13-9-10(11)12;1-14-6-2-3-9(14)8-15-11-4-5-13-7-10(11)12;1-16(2)3-4-17-8-5-9(10(11,12)13)15-6-7(8)14;1-13(2)6-3-7-14-10-4-5-12-8-9(10)11;1-13(2)3-4-14-8-5-9(10)12-6-7(8)11/h4-5,9,11H,2-3,6-8,10,14H2,1H3;6-10H,2-5,14H2,1H3;6-8H,2-5,13H2,1H3;3-4,9H,5-8,12H2,1-2H3;4-5,7,9H,2-3,6,8,12H2,1H3;5-6H,3-4,14H2,1-2H3;4-5,8H,3,6-7,11H2,1-2H3;5-6H,3-4,11H2,1-2H3/t11-;;;;9-;;;/m1...1.../s1. The SMILES string of the molecule is CN(C)CCCOc1ccncc1N.CN(C)CCOCCOc1ccncc1N.CN(C)CCOc1cc(C(F)(F)F)ncc1N.CN(C)CCOc1cc(Cl)ncc1N.CN1CCC(Oc2c(N)cncc2Cl)CC1.CN1CCC[C@@H]1COc1ccncc1N.COC(=O)C1CCC(Oc2ccncc2N)CC1.COCCN1CCC[C@@H](Oc2ccncc2N)C1. The van der Waals surface area contributed by atoms with Crippen LogP contribution in [-0.4, -0.2) is 307 Å². The molecule has 12 rings (SSSR count). The molecule has 0 spiro atoms. The number of carbonyl (C=O) groups is 1. The second kappa shape index (κ2) is 60.3. The number of pyridine rings is 8. The van der Waals surface area contributed by atoms with Crippen molar-refractivity contribution >= 4 is 74.7 Å². The zero-order valence-electron chi connectivity index (χ0n) is 76.1. The van der Waals surface area contributed by atoms with Gasteiger partial charge in [-0.2, -0.15) is 13.2 Å². The first-order chi connectivity index (χ1) is 61.2. The summed E-state index contributed by atoms with van der Waals surface area (Å²) >= 11 is 11.7. The van der Waals surface area contributed by atoms with Gasteiger partial charge in [-0.3, -0.25) is 39.6 Å². The van der Waals surface area contributed by atoms with E-state index in [1.54, 1.807) is 106 Å². The van der Waals surface area contributed by atoms with Crippen LogP contribution in [0, 0.1) is 5.92 Å². The molecule has 16 N–H and O–H groups in total. The maximum atomic E-state index is 12.4. The Morgan fingerprint density at radius 1 is 0.453 bits per heavy atom. The molecule has 8 aromatic rings. The first kappa shape index (κ1) is 108. The quantitative estimate of drug-likeness (QED) is 0.0108. The number of esters is 1. The highest BCUT2D eigenvalue weighted by molar-refractivity contribution is 6.32. The number of carbonyl (C=O) groups excluding carboxylic acids is 1. The van der Waals surface area contributed by atoms with Gasteiger partial charge in [-0.1, -0.05) is 23.2 Å². The maximum Gasteiger partial charge on any atom is 0.433 e. The Labute approximate surface area is 762 Å². The van der Waals surface area contributed by atoms with E-state index in [9.17, 15) is 18.0 Å². The number of likely N-dealkylation sites (N-methyl/N-ethyl adjacent to an activating group) is 4. The Balaban J connectivity index is 0.000000260. The number of ether oxygens (including phenoxy) is 11. The number of halogens is 5. The van der Waals surface area contributed by atoms with Gasteiger partial charge < -0.3 is 127 Å². The van der Waals surface area contributed by atoms with Crippen LogP contribution in [0.25, 0.3) is 0 Å². The van der Waals surface area contributed by atoms with Gasteiger partial charge in [0, 0.05) is 145 Å². The van der Waals surface area contributed by atoms with E-state index in [2.05, 4.69) is 78.5 Å². The summed E-state index contributed by atoms with van der Waals surface area (Å²) in [6.07, 6.45) is 29.0. The van der Waals surface area contributed by atoms with E-state index in [4.69, 9.17) is 121 Å². The molecule has 2 atom stereocenters. The average molecular weight is 1840 g/mol. The van der Waals surface area contributed by atoms with Crippen LogP contribution >= 0.6 is 23.2 Å². The minimum absolute atomic E-state index is 0.00850. The topological polar surface area (TPSA) is 453 Å². The first-order valence-electron chi connectivity index (χ1n) is 42.3. The van der Waals surface area contributed by atoms with Gasteiger partial charge in [0.15, 0.2) is 5.75 Å². The van der Waals surface area contributed by atoms with Gasteiger partial charge in [0.25, 0.3) is 0 Å². The van der Waals surface area contributed by atoms with Crippen molar-refractivity contribution in [2.75, 3.05) is 249 Å². The average Bonchev–Trinajstić information content (AvgIpc) is 1.16. The van der Waals surface area contributed by atoms with E-state index in [0.717, 1.165) is 146 Å². The van der Waals surface area contributed by atoms with Gasteiger partial charge >= 0.3 is 12.1 Å². The Kier molecular flexibility index (Phi) is 50.9. The van der Waals surface area contributed by atoms with Crippen molar-refractivity contribution in [2.45, 2.75) is 101 Å². The lowest BCUT2D eigenvalue weighted by Crippen LogP contribution is -2.42. The molecular weight excluding hydrogens is 1700 g/mol. The molecule has 3 aliphatic heterocycles. The van der Waals surface area contributed by atoms with Crippen molar-refractivity contribution in [2.24, 2.45) is 5.92 Å². The molecule has 1 aliphatic carbocycles. The number of methoxy groups -OCH3 is 2. The van der Waals surface area contributed by atoms with E-state index in [0.29, 0.717) is 125 Å². The summed E-state index contributed by atoms with van der Waals surface area (Å²) < 4.78 is 97.2. The van der Waals surface area contributed by atoms with Crippen molar-refractivity contribution in [3.05, 3.63) is 145 Å². The van der Waals surface area contributed by atoms with E-state index >= 15 is 0 Å². The van der Waals surface area contributed by atoms with Gasteiger partial charge in [-0.05, 0) is 154 Å². The minimum Gasteiger partial charge on any atom is -0.491 e. The summed E-state index contributed by atoms with van der Waals surface area (Å²) in [7, 11) is 23.1. The summed E-state index contributed by atoms with van der Waals surface area (Å²) in [5, 5.41) is 0.873.